The number of rotatable bonds is 6. The van der Waals surface area contributed by atoms with Crippen molar-refractivity contribution in [1.82, 2.24) is 20.1 Å². The standard InChI is InChI=1S/C15H24F3N5S2.HI/c1-12(15(16,17)18)22-6-8-23(9-7-22)13(19-2)20-4-3-10-24-14-21-5-11-25-14;/h5,11-12H,3-4,6-10H2,1-2H3,(H,19,20);1H. The number of piperazine rings is 1. The van der Waals surface area contributed by atoms with Crippen LogP contribution in [0.25, 0.3) is 0 Å². The number of nitrogens with one attached hydrogen (secondary N) is 1. The molecule has 1 atom stereocenters. The summed E-state index contributed by atoms with van der Waals surface area (Å²) in [5, 5.41) is 5.26. The van der Waals surface area contributed by atoms with Gasteiger partial charge in [0.15, 0.2) is 5.96 Å². The monoisotopic (exact) mass is 523 g/mol. The average Bonchev–Trinajstić information content (AvgIpc) is 3.10. The zero-order chi connectivity index (χ0) is 18.3. The highest BCUT2D eigenvalue weighted by Crippen LogP contribution is 2.25. The van der Waals surface area contributed by atoms with Gasteiger partial charge in [0, 0.05) is 57.1 Å². The van der Waals surface area contributed by atoms with Gasteiger partial charge in [-0.05, 0) is 13.3 Å². The summed E-state index contributed by atoms with van der Waals surface area (Å²) in [4.78, 5) is 12.0. The van der Waals surface area contributed by atoms with E-state index in [2.05, 4.69) is 15.3 Å². The number of alkyl halides is 3. The zero-order valence-electron chi connectivity index (χ0n) is 14.8. The smallest absolute Gasteiger partial charge is 0.356 e. The van der Waals surface area contributed by atoms with Crippen LogP contribution in [0.3, 0.4) is 0 Å². The number of nitrogens with zero attached hydrogens (tertiary/aromatic N) is 4. The van der Waals surface area contributed by atoms with Crippen molar-refractivity contribution >= 4 is 53.0 Å². The number of hydrogen-bond donors (Lipinski definition) is 1. The van der Waals surface area contributed by atoms with Gasteiger partial charge in [-0.1, -0.05) is 11.8 Å². The van der Waals surface area contributed by atoms with Crippen molar-refractivity contribution in [2.24, 2.45) is 4.99 Å². The topological polar surface area (TPSA) is 43.8 Å². The van der Waals surface area contributed by atoms with Crippen molar-refractivity contribution in [1.29, 1.82) is 0 Å². The van der Waals surface area contributed by atoms with Gasteiger partial charge < -0.3 is 10.2 Å². The number of aromatic nitrogens is 1. The van der Waals surface area contributed by atoms with Gasteiger partial charge in [0.05, 0.1) is 0 Å². The maximum atomic E-state index is 12.8. The summed E-state index contributed by atoms with van der Waals surface area (Å²) in [6.07, 6.45) is -1.40. The molecule has 0 aliphatic carbocycles. The minimum atomic E-state index is -4.17. The van der Waals surface area contributed by atoms with Crippen LogP contribution in [0.1, 0.15) is 13.3 Å². The second kappa shape index (κ2) is 11.5. The molecule has 1 saturated heterocycles. The number of hydrogen-bond acceptors (Lipinski definition) is 5. The van der Waals surface area contributed by atoms with Gasteiger partial charge in [0.25, 0.3) is 0 Å². The van der Waals surface area contributed by atoms with Gasteiger partial charge in [-0.15, -0.1) is 35.3 Å². The van der Waals surface area contributed by atoms with Gasteiger partial charge in [-0.25, -0.2) is 4.98 Å². The summed E-state index contributed by atoms with van der Waals surface area (Å²) in [7, 11) is 1.71. The summed E-state index contributed by atoms with van der Waals surface area (Å²) >= 11 is 3.36. The fourth-order valence-corrected chi connectivity index (χ4v) is 4.22. The second-order valence-electron chi connectivity index (χ2n) is 5.71. The van der Waals surface area contributed by atoms with E-state index in [4.69, 9.17) is 0 Å². The van der Waals surface area contributed by atoms with E-state index in [9.17, 15) is 13.2 Å². The van der Waals surface area contributed by atoms with Crippen molar-refractivity contribution in [3.63, 3.8) is 0 Å². The van der Waals surface area contributed by atoms with Crippen molar-refractivity contribution in [3.05, 3.63) is 11.6 Å². The van der Waals surface area contributed by atoms with E-state index in [1.54, 1.807) is 36.3 Å². The molecule has 1 N–H and O–H groups in total. The molecule has 26 heavy (non-hydrogen) atoms. The Labute approximate surface area is 177 Å². The van der Waals surface area contributed by atoms with E-state index >= 15 is 0 Å². The van der Waals surface area contributed by atoms with E-state index in [1.165, 1.54) is 11.8 Å². The number of halogens is 4. The Kier molecular flexibility index (Phi) is 10.6. The molecule has 11 heteroatoms. The lowest BCUT2D eigenvalue weighted by atomic mass is 10.2. The third kappa shape index (κ3) is 7.39. The first-order chi connectivity index (χ1) is 11.9. The predicted molar refractivity (Wildman–Crippen MR) is 113 cm³/mol. The summed E-state index contributed by atoms with van der Waals surface area (Å²) in [6.45, 7) is 3.89. The Balaban J connectivity index is 0.00000338. The van der Waals surface area contributed by atoms with Crippen LogP contribution in [-0.2, 0) is 0 Å². The molecule has 0 bridgehead atoms. The number of guanidine groups is 1. The Morgan fingerprint density at radius 3 is 2.62 bits per heavy atom. The fraction of sp³-hybridized carbons (Fsp3) is 0.733. The highest BCUT2D eigenvalue weighted by atomic mass is 127. The highest BCUT2D eigenvalue weighted by molar-refractivity contribution is 14.0. The lowest BCUT2D eigenvalue weighted by Crippen LogP contribution is -2.56. The Bertz CT molecular complexity index is 534. The average molecular weight is 523 g/mol. The van der Waals surface area contributed by atoms with Gasteiger partial charge in [-0.2, -0.15) is 13.2 Å². The van der Waals surface area contributed by atoms with Crippen molar-refractivity contribution in [3.8, 4) is 0 Å². The van der Waals surface area contributed by atoms with Crippen LogP contribution in [0.15, 0.2) is 20.9 Å². The predicted octanol–water partition coefficient (Wildman–Crippen LogP) is 3.39. The molecular formula is C15H25F3IN5S2. The van der Waals surface area contributed by atoms with E-state index < -0.39 is 12.2 Å². The highest BCUT2D eigenvalue weighted by Gasteiger charge is 2.41. The Hall–Kier alpha value is -0.270. The van der Waals surface area contributed by atoms with Crippen LogP contribution < -0.4 is 5.32 Å². The molecule has 1 fully saturated rings. The zero-order valence-corrected chi connectivity index (χ0v) is 18.8. The minimum absolute atomic E-state index is 0. The first-order valence-corrected chi connectivity index (χ1v) is 10.1. The molecule has 0 spiro atoms. The van der Waals surface area contributed by atoms with E-state index in [-0.39, 0.29) is 24.0 Å². The second-order valence-corrected chi connectivity index (χ2v) is 7.95. The molecule has 2 heterocycles. The molecule has 0 saturated carbocycles. The lowest BCUT2D eigenvalue weighted by molar-refractivity contribution is -0.181. The number of thiazole rings is 1. The van der Waals surface area contributed by atoms with Crippen molar-refractivity contribution in [2.45, 2.75) is 29.9 Å². The Morgan fingerprint density at radius 2 is 2.08 bits per heavy atom. The van der Waals surface area contributed by atoms with Gasteiger partial charge >= 0.3 is 6.18 Å². The SMILES string of the molecule is CN=C(NCCCSc1nccs1)N1CCN(C(C)C(F)(F)F)CC1.I. The quantitative estimate of drug-likeness (QED) is 0.204. The summed E-state index contributed by atoms with van der Waals surface area (Å²) < 4.78 is 39.5. The maximum absolute atomic E-state index is 12.8. The van der Waals surface area contributed by atoms with Crippen LogP contribution >= 0.6 is 47.1 Å². The van der Waals surface area contributed by atoms with Gasteiger partial charge in [-0.3, -0.25) is 9.89 Å². The minimum Gasteiger partial charge on any atom is -0.356 e. The molecule has 1 aromatic rings. The van der Waals surface area contributed by atoms with Crippen LogP contribution in [0.4, 0.5) is 13.2 Å². The largest absolute Gasteiger partial charge is 0.403 e. The van der Waals surface area contributed by atoms with Crippen LogP contribution in [0.5, 0.6) is 0 Å². The summed E-state index contributed by atoms with van der Waals surface area (Å²) in [5.74, 6) is 1.73. The Morgan fingerprint density at radius 1 is 1.38 bits per heavy atom. The molecule has 0 aromatic carbocycles. The molecule has 5 nitrogen and oxygen atoms in total. The van der Waals surface area contributed by atoms with E-state index in [0.29, 0.717) is 26.2 Å². The molecule has 1 aromatic heterocycles. The molecule has 0 radical (unpaired) electrons. The van der Waals surface area contributed by atoms with Crippen LogP contribution in [0, 0.1) is 0 Å². The van der Waals surface area contributed by atoms with Gasteiger partial charge in [0.2, 0.25) is 0 Å². The van der Waals surface area contributed by atoms with E-state index in [1.807, 2.05) is 10.3 Å². The molecule has 2 rings (SSSR count). The number of aliphatic imine (C=N–C) groups is 1. The van der Waals surface area contributed by atoms with Crippen LogP contribution in [-0.4, -0.2) is 78.5 Å². The molecule has 1 aliphatic rings. The summed E-state index contributed by atoms with van der Waals surface area (Å²) in [6, 6.07) is -1.40. The molecule has 150 valence electrons. The third-order valence-electron chi connectivity index (χ3n) is 4.09. The molecule has 0 amide bonds. The normalized spacial score (nSPS) is 17.7. The summed E-state index contributed by atoms with van der Waals surface area (Å²) in [5.41, 5.74) is 0. The fourth-order valence-electron chi connectivity index (χ4n) is 2.57. The maximum Gasteiger partial charge on any atom is 0.403 e. The molecule has 1 unspecified atom stereocenters. The van der Waals surface area contributed by atoms with Crippen molar-refractivity contribution in [2.75, 3.05) is 45.5 Å². The van der Waals surface area contributed by atoms with Gasteiger partial charge in [0.1, 0.15) is 10.4 Å². The number of thioether (sulfide) groups is 1. The lowest BCUT2D eigenvalue weighted by Gasteiger charge is -2.39. The molecule has 1 aliphatic heterocycles. The molecular weight excluding hydrogens is 498 g/mol. The third-order valence-corrected chi connectivity index (χ3v) is 6.14. The first-order valence-electron chi connectivity index (χ1n) is 8.20. The van der Waals surface area contributed by atoms with E-state index in [0.717, 1.165) is 29.0 Å². The first kappa shape index (κ1) is 23.8. The van der Waals surface area contributed by atoms with Crippen molar-refractivity contribution < 1.29 is 13.2 Å². The van der Waals surface area contributed by atoms with Crippen LogP contribution in [0.2, 0.25) is 0 Å².